The lowest BCUT2D eigenvalue weighted by Gasteiger charge is -2.40. The van der Waals surface area contributed by atoms with E-state index in [0.29, 0.717) is 24.0 Å². The van der Waals surface area contributed by atoms with Gasteiger partial charge < -0.3 is 20.9 Å². The molecule has 0 radical (unpaired) electrons. The van der Waals surface area contributed by atoms with E-state index in [9.17, 15) is 9.59 Å². The molecule has 8 heteroatoms. The molecule has 1 saturated carbocycles. The van der Waals surface area contributed by atoms with E-state index in [4.69, 9.17) is 10.7 Å². The lowest BCUT2D eigenvalue weighted by atomic mass is 9.85. The Morgan fingerprint density at radius 3 is 2.65 bits per heavy atom. The molecule has 0 bridgehead atoms. The van der Waals surface area contributed by atoms with Gasteiger partial charge >= 0.3 is 0 Å². The number of nitrogens with one attached hydrogen (secondary N) is 2. The van der Waals surface area contributed by atoms with Crippen LogP contribution in [0.4, 0.5) is 17.3 Å². The number of piperidine rings is 1. The van der Waals surface area contributed by atoms with Crippen LogP contribution in [0, 0.1) is 5.92 Å². The first-order valence-electron chi connectivity index (χ1n) is 12.0. The smallest absolute Gasteiger partial charge is 0.271 e. The molecule has 1 aliphatic heterocycles. The van der Waals surface area contributed by atoms with Crippen LogP contribution in [0.3, 0.4) is 0 Å². The van der Waals surface area contributed by atoms with Crippen molar-refractivity contribution in [1.29, 1.82) is 0 Å². The third-order valence-corrected chi connectivity index (χ3v) is 7.02. The minimum Gasteiger partial charge on any atom is -0.366 e. The van der Waals surface area contributed by atoms with Gasteiger partial charge in [-0.3, -0.25) is 9.59 Å². The van der Waals surface area contributed by atoms with Gasteiger partial charge in [-0.2, -0.15) is 0 Å². The molecule has 2 fully saturated rings. The van der Waals surface area contributed by atoms with Crippen LogP contribution < -0.4 is 16.0 Å². The van der Waals surface area contributed by atoms with Crippen LogP contribution in [0.15, 0.2) is 48.9 Å². The van der Waals surface area contributed by atoms with E-state index < -0.39 is 5.91 Å². The summed E-state index contributed by atoms with van der Waals surface area (Å²) in [5.74, 6) is 1.44. The van der Waals surface area contributed by atoms with Crippen molar-refractivity contribution in [1.82, 2.24) is 15.0 Å². The Balaban J connectivity index is 1.32. The second-order valence-electron chi connectivity index (χ2n) is 9.37. The first kappa shape index (κ1) is 22.1. The fourth-order valence-corrected chi connectivity index (χ4v) is 4.86. The monoisotopic (exact) mass is 458 g/mol. The number of ketones is 1. The molecule has 1 aliphatic carbocycles. The molecule has 2 aliphatic rings. The number of primary amides is 1. The van der Waals surface area contributed by atoms with Gasteiger partial charge in [-0.25, -0.2) is 9.97 Å². The van der Waals surface area contributed by atoms with Crippen LogP contribution in [-0.2, 0) is 0 Å². The minimum atomic E-state index is -0.639. The Bertz CT molecular complexity index is 1170. The summed E-state index contributed by atoms with van der Waals surface area (Å²) in [5.41, 5.74) is 8.51. The molecule has 0 unspecified atom stereocenters. The van der Waals surface area contributed by atoms with Crippen LogP contribution in [0.1, 0.15) is 71.4 Å². The summed E-state index contributed by atoms with van der Waals surface area (Å²) >= 11 is 0. The van der Waals surface area contributed by atoms with E-state index >= 15 is 0 Å². The number of anilines is 3. The number of nitrogens with zero attached hydrogens (tertiary/aromatic N) is 3. The van der Waals surface area contributed by atoms with E-state index in [1.807, 2.05) is 18.2 Å². The van der Waals surface area contributed by atoms with Crippen molar-refractivity contribution in [2.45, 2.75) is 51.0 Å². The molecule has 2 atom stereocenters. The van der Waals surface area contributed by atoms with Crippen LogP contribution in [0.2, 0.25) is 0 Å². The number of rotatable bonds is 8. The normalized spacial score (nSPS) is 20.2. The third-order valence-electron chi connectivity index (χ3n) is 7.02. The molecule has 0 spiro atoms. The second kappa shape index (κ2) is 9.29. The lowest BCUT2D eigenvalue weighted by Crippen LogP contribution is -2.44. The average Bonchev–Trinajstić information content (AvgIpc) is 3.57. The molecule has 3 aromatic rings. The van der Waals surface area contributed by atoms with Crippen molar-refractivity contribution in [3.8, 4) is 0 Å². The molecule has 1 saturated heterocycles. The summed E-state index contributed by atoms with van der Waals surface area (Å²) < 4.78 is 0. The van der Waals surface area contributed by atoms with Crippen LogP contribution >= 0.6 is 0 Å². The van der Waals surface area contributed by atoms with E-state index in [1.54, 1.807) is 18.6 Å². The number of carbonyl (C=O) groups excluding carboxylic acids is 2. The minimum absolute atomic E-state index is 0.0935. The summed E-state index contributed by atoms with van der Waals surface area (Å²) in [4.78, 5) is 39.1. The number of aromatic nitrogens is 3. The molecule has 176 valence electrons. The Kier molecular flexibility index (Phi) is 6.04. The number of hydrogen-bond acceptors (Lipinski definition) is 6. The van der Waals surface area contributed by atoms with E-state index in [2.05, 4.69) is 39.2 Å². The van der Waals surface area contributed by atoms with Crippen LogP contribution in [0.25, 0.3) is 0 Å². The van der Waals surface area contributed by atoms with Gasteiger partial charge in [0.05, 0.1) is 11.9 Å². The molecule has 2 aromatic heterocycles. The van der Waals surface area contributed by atoms with Gasteiger partial charge in [0.1, 0.15) is 5.82 Å². The Morgan fingerprint density at radius 2 is 1.97 bits per heavy atom. The number of carbonyl (C=O) groups is 2. The van der Waals surface area contributed by atoms with Crippen molar-refractivity contribution in [3.63, 3.8) is 0 Å². The zero-order valence-electron chi connectivity index (χ0n) is 19.3. The summed E-state index contributed by atoms with van der Waals surface area (Å²) in [7, 11) is 0. The number of nitrogens with two attached hydrogens (primary N) is 1. The summed E-state index contributed by atoms with van der Waals surface area (Å²) in [6, 6.07) is 10.1. The highest BCUT2D eigenvalue weighted by Gasteiger charge is 2.31. The zero-order valence-corrected chi connectivity index (χ0v) is 19.3. The molecular formula is C26H30N6O2. The molecule has 1 amide bonds. The highest BCUT2D eigenvalue weighted by Crippen LogP contribution is 2.40. The Morgan fingerprint density at radius 1 is 1.18 bits per heavy atom. The molecule has 8 nitrogen and oxygen atoms in total. The molecular weight excluding hydrogens is 428 g/mol. The van der Waals surface area contributed by atoms with E-state index in [0.717, 1.165) is 30.6 Å². The molecule has 34 heavy (non-hydrogen) atoms. The van der Waals surface area contributed by atoms with E-state index in [1.165, 1.54) is 18.4 Å². The molecule has 5 rings (SSSR count). The fraction of sp³-hybridized carbons (Fsp3) is 0.385. The number of benzene rings is 1. The third kappa shape index (κ3) is 4.66. The van der Waals surface area contributed by atoms with Crippen molar-refractivity contribution in [2.24, 2.45) is 11.7 Å². The summed E-state index contributed by atoms with van der Waals surface area (Å²) in [5, 5.41) is 3.12. The maximum atomic E-state index is 13.0. The molecule has 3 heterocycles. The second-order valence-corrected chi connectivity index (χ2v) is 9.37. The van der Waals surface area contributed by atoms with Gasteiger partial charge in [0.25, 0.3) is 5.91 Å². The summed E-state index contributed by atoms with van der Waals surface area (Å²) in [6.45, 7) is 2.95. The Labute approximate surface area is 199 Å². The number of hydrogen-bond donors (Lipinski definition) is 3. The maximum absolute atomic E-state index is 13.0. The van der Waals surface area contributed by atoms with Gasteiger partial charge in [0.15, 0.2) is 17.3 Å². The average molecular weight is 459 g/mol. The first-order valence-corrected chi connectivity index (χ1v) is 12.0. The number of amides is 1. The predicted molar refractivity (Wildman–Crippen MR) is 132 cm³/mol. The molecule has 1 aromatic carbocycles. The largest absolute Gasteiger partial charge is 0.366 e. The SMILES string of the molecule is C[C@@H]1[C@H](CC(=O)c2ccc(C3CC3)cc2)CCCN1c1cnc(C(N)=O)c(Nc2cc[nH]c2)n1. The Hall–Kier alpha value is -3.68. The van der Waals surface area contributed by atoms with Crippen molar-refractivity contribution in [3.05, 3.63) is 65.7 Å². The van der Waals surface area contributed by atoms with Gasteiger partial charge in [0, 0.05) is 37.0 Å². The predicted octanol–water partition coefficient (Wildman–Crippen LogP) is 4.40. The zero-order chi connectivity index (χ0) is 23.7. The number of aromatic amines is 1. The van der Waals surface area contributed by atoms with Gasteiger partial charge in [-0.15, -0.1) is 0 Å². The van der Waals surface area contributed by atoms with Gasteiger partial charge in [0.2, 0.25) is 0 Å². The van der Waals surface area contributed by atoms with Crippen LogP contribution in [-0.4, -0.2) is 39.2 Å². The summed E-state index contributed by atoms with van der Waals surface area (Å²) in [6.07, 6.45) is 10.1. The van der Waals surface area contributed by atoms with Crippen LogP contribution in [0.5, 0.6) is 0 Å². The highest BCUT2D eigenvalue weighted by molar-refractivity contribution is 5.97. The number of Topliss-reactive ketones (excluding diaryl/α,β-unsaturated/α-hetero) is 1. The van der Waals surface area contributed by atoms with E-state index in [-0.39, 0.29) is 23.4 Å². The van der Waals surface area contributed by atoms with Gasteiger partial charge in [-0.1, -0.05) is 24.3 Å². The molecule has 4 N–H and O–H groups in total. The van der Waals surface area contributed by atoms with Crippen molar-refractivity contribution >= 4 is 29.0 Å². The topological polar surface area (TPSA) is 117 Å². The lowest BCUT2D eigenvalue weighted by molar-refractivity contribution is 0.0944. The number of H-pyrrole nitrogens is 1. The quantitative estimate of drug-likeness (QED) is 0.431. The first-order chi connectivity index (χ1) is 16.5. The maximum Gasteiger partial charge on any atom is 0.271 e. The fourth-order valence-electron chi connectivity index (χ4n) is 4.86. The van der Waals surface area contributed by atoms with Crippen molar-refractivity contribution in [2.75, 3.05) is 16.8 Å². The highest BCUT2D eigenvalue weighted by atomic mass is 16.1. The standard InChI is InChI=1S/C26H30N6O2/c1-16-20(13-22(33)19-8-6-18(7-9-19)17-4-5-17)3-2-12-32(16)23-15-29-24(25(27)34)26(31-23)30-21-10-11-28-14-21/h6-11,14-17,20,28H,2-5,12-13H2,1H3,(H2,27,34)(H,30,31)/t16-,20+/m1/s1. The van der Waals surface area contributed by atoms with Crippen molar-refractivity contribution < 1.29 is 9.59 Å². The van der Waals surface area contributed by atoms with Gasteiger partial charge in [-0.05, 0) is 56.1 Å².